The number of anilines is 1. The van der Waals surface area contributed by atoms with E-state index < -0.39 is 0 Å². The van der Waals surface area contributed by atoms with Crippen molar-refractivity contribution in [3.63, 3.8) is 0 Å². The van der Waals surface area contributed by atoms with Crippen molar-refractivity contribution >= 4 is 28.3 Å². The number of hydrogen-bond donors (Lipinski definition) is 2. The summed E-state index contributed by atoms with van der Waals surface area (Å²) in [6.45, 7) is 5.82. The Balaban J connectivity index is 2.16. The van der Waals surface area contributed by atoms with Crippen LogP contribution >= 0.6 is 11.3 Å². The lowest BCUT2D eigenvalue weighted by molar-refractivity contribution is -0.114. The van der Waals surface area contributed by atoms with Crippen LogP contribution < -0.4 is 5.32 Å². The van der Waals surface area contributed by atoms with E-state index in [1.54, 1.807) is 7.05 Å². The molecule has 0 bridgehead atoms. The van der Waals surface area contributed by atoms with Crippen LogP contribution in [0, 0.1) is 0 Å². The molecular weight excluding hydrogens is 378 g/mol. The largest absolute Gasteiger partial charge is 0.395 e. The number of rotatable bonds is 6. The third-order valence-corrected chi connectivity index (χ3v) is 6.06. The molecule has 2 aromatic heterocycles. The summed E-state index contributed by atoms with van der Waals surface area (Å²) in [5.41, 5.74) is 3.27. The second-order valence-electron chi connectivity index (χ2n) is 7.16. The molecule has 0 spiro atoms. The molecule has 0 saturated heterocycles. The quantitative estimate of drug-likeness (QED) is 0.769. The Hall–Kier alpha value is -2.26. The van der Waals surface area contributed by atoms with Crippen LogP contribution in [0.4, 0.5) is 5.13 Å². The highest BCUT2D eigenvalue weighted by atomic mass is 32.1. The zero-order valence-corrected chi connectivity index (χ0v) is 17.6. The maximum atomic E-state index is 13.0. The lowest BCUT2D eigenvalue weighted by Gasteiger charge is -2.15. The average Bonchev–Trinajstić information content (AvgIpc) is 3.16. The van der Waals surface area contributed by atoms with Gasteiger partial charge in [-0.15, -0.1) is 0 Å². The van der Waals surface area contributed by atoms with Gasteiger partial charge < -0.3 is 15.3 Å². The SMILES string of the molecule is CCC(C)n1nc(C(=O)N(C)CCO)c2c1-c1sc(NC(C)=O)nc1CCC2. The Morgan fingerprint density at radius 1 is 1.39 bits per heavy atom. The van der Waals surface area contributed by atoms with Crippen molar-refractivity contribution in [2.45, 2.75) is 52.5 Å². The number of nitrogens with one attached hydrogen (secondary N) is 1. The molecule has 8 nitrogen and oxygen atoms in total. The van der Waals surface area contributed by atoms with Crippen LogP contribution in [-0.4, -0.2) is 56.8 Å². The van der Waals surface area contributed by atoms with Gasteiger partial charge in [0.2, 0.25) is 5.91 Å². The highest BCUT2D eigenvalue weighted by molar-refractivity contribution is 7.19. The zero-order chi connectivity index (χ0) is 20.4. The van der Waals surface area contributed by atoms with Gasteiger partial charge in [0, 0.05) is 32.1 Å². The van der Waals surface area contributed by atoms with Gasteiger partial charge in [-0.05, 0) is 32.6 Å². The third-order valence-electron chi connectivity index (χ3n) is 5.04. The molecule has 152 valence electrons. The Labute approximate surface area is 168 Å². The molecule has 28 heavy (non-hydrogen) atoms. The van der Waals surface area contributed by atoms with Gasteiger partial charge in [0.1, 0.15) is 0 Å². The number of aliphatic hydroxyl groups excluding tert-OH is 1. The van der Waals surface area contributed by atoms with Crippen LogP contribution in [0.2, 0.25) is 0 Å². The van der Waals surface area contributed by atoms with E-state index in [0.717, 1.165) is 47.5 Å². The number of aromatic nitrogens is 3. The van der Waals surface area contributed by atoms with Gasteiger partial charge in [-0.25, -0.2) is 4.98 Å². The van der Waals surface area contributed by atoms with Gasteiger partial charge in [0.25, 0.3) is 5.91 Å². The van der Waals surface area contributed by atoms with Crippen molar-refractivity contribution in [2.75, 3.05) is 25.5 Å². The molecule has 2 heterocycles. The first-order valence-electron chi connectivity index (χ1n) is 9.62. The fraction of sp³-hybridized carbons (Fsp3) is 0.579. The summed E-state index contributed by atoms with van der Waals surface area (Å²) in [6.07, 6.45) is 3.28. The maximum absolute atomic E-state index is 13.0. The minimum atomic E-state index is -0.178. The van der Waals surface area contributed by atoms with E-state index in [0.29, 0.717) is 10.8 Å². The normalized spacial score (nSPS) is 14.0. The number of amides is 2. The standard InChI is InChI=1S/C19H27N5O3S/c1-5-11(2)24-16-13(15(22-24)18(27)23(4)9-10-25)7-6-8-14-17(16)28-19(21-14)20-12(3)26/h11,25H,5-10H2,1-4H3,(H,20,21,26). The molecule has 0 radical (unpaired) electrons. The number of carbonyl (C=O) groups is 2. The second kappa shape index (κ2) is 8.40. The predicted molar refractivity (Wildman–Crippen MR) is 109 cm³/mol. The van der Waals surface area contributed by atoms with E-state index in [9.17, 15) is 14.7 Å². The van der Waals surface area contributed by atoms with E-state index in [-0.39, 0.29) is 31.0 Å². The summed E-state index contributed by atoms with van der Waals surface area (Å²) in [6, 6.07) is 0.121. The third kappa shape index (κ3) is 3.81. The first-order valence-corrected chi connectivity index (χ1v) is 10.4. The van der Waals surface area contributed by atoms with Gasteiger partial charge in [0.15, 0.2) is 10.8 Å². The number of hydrogen-bond acceptors (Lipinski definition) is 6. The topological polar surface area (TPSA) is 100 Å². The van der Waals surface area contributed by atoms with Crippen LogP contribution in [0.1, 0.15) is 61.4 Å². The Bertz CT molecular complexity index is 889. The van der Waals surface area contributed by atoms with Crippen LogP contribution in [0.25, 0.3) is 10.6 Å². The summed E-state index contributed by atoms with van der Waals surface area (Å²) in [5, 5.41) is 17.3. The lowest BCUT2D eigenvalue weighted by atomic mass is 10.1. The molecule has 0 aromatic carbocycles. The fourth-order valence-corrected chi connectivity index (χ4v) is 4.51. The number of carbonyl (C=O) groups excluding carboxylic acids is 2. The van der Waals surface area contributed by atoms with Crippen molar-refractivity contribution in [3.8, 4) is 10.6 Å². The van der Waals surface area contributed by atoms with E-state index in [4.69, 9.17) is 5.10 Å². The fourth-order valence-electron chi connectivity index (χ4n) is 3.39. The highest BCUT2D eigenvalue weighted by Gasteiger charge is 2.31. The van der Waals surface area contributed by atoms with Gasteiger partial charge >= 0.3 is 0 Å². The number of aryl methyl sites for hydroxylation is 1. The summed E-state index contributed by atoms with van der Waals surface area (Å²) in [7, 11) is 1.68. The van der Waals surface area contributed by atoms with Crippen LogP contribution in [0.3, 0.4) is 0 Å². The molecule has 2 amide bonds. The summed E-state index contributed by atoms with van der Waals surface area (Å²) >= 11 is 1.44. The molecule has 0 fully saturated rings. The summed E-state index contributed by atoms with van der Waals surface area (Å²) in [4.78, 5) is 31.5. The molecule has 0 aliphatic heterocycles. The van der Waals surface area contributed by atoms with Gasteiger partial charge in [0.05, 0.1) is 22.9 Å². The Morgan fingerprint density at radius 2 is 2.14 bits per heavy atom. The van der Waals surface area contributed by atoms with E-state index in [1.807, 2.05) is 4.68 Å². The maximum Gasteiger partial charge on any atom is 0.274 e. The van der Waals surface area contributed by atoms with E-state index >= 15 is 0 Å². The minimum absolute atomic E-state index is 0.0877. The molecule has 2 aromatic rings. The van der Waals surface area contributed by atoms with Crippen LogP contribution in [-0.2, 0) is 17.6 Å². The van der Waals surface area contributed by atoms with Crippen molar-refractivity contribution in [1.29, 1.82) is 0 Å². The average molecular weight is 406 g/mol. The van der Waals surface area contributed by atoms with Crippen molar-refractivity contribution in [2.24, 2.45) is 0 Å². The van der Waals surface area contributed by atoms with Crippen molar-refractivity contribution < 1.29 is 14.7 Å². The monoisotopic (exact) mass is 405 g/mol. The summed E-state index contributed by atoms with van der Waals surface area (Å²) in [5.74, 6) is -0.330. The van der Waals surface area contributed by atoms with E-state index in [1.165, 1.54) is 23.2 Å². The second-order valence-corrected chi connectivity index (χ2v) is 8.16. The van der Waals surface area contributed by atoms with Crippen LogP contribution in [0.15, 0.2) is 0 Å². The Morgan fingerprint density at radius 3 is 2.79 bits per heavy atom. The van der Waals surface area contributed by atoms with Crippen molar-refractivity contribution in [1.82, 2.24) is 19.7 Å². The molecule has 3 rings (SSSR count). The minimum Gasteiger partial charge on any atom is -0.395 e. The number of fused-ring (bicyclic) bond motifs is 3. The number of likely N-dealkylation sites (N-methyl/N-ethyl adjacent to an activating group) is 1. The number of thiazole rings is 1. The van der Waals surface area contributed by atoms with E-state index in [2.05, 4.69) is 24.1 Å². The molecule has 1 aliphatic rings. The molecule has 1 unspecified atom stereocenters. The van der Waals surface area contributed by atoms with Gasteiger partial charge in [-0.2, -0.15) is 5.10 Å². The lowest BCUT2D eigenvalue weighted by Crippen LogP contribution is -2.30. The first kappa shape index (κ1) is 20.5. The smallest absolute Gasteiger partial charge is 0.274 e. The molecule has 9 heteroatoms. The number of aliphatic hydroxyl groups is 1. The molecular formula is C19H27N5O3S. The molecule has 1 atom stereocenters. The first-order chi connectivity index (χ1) is 13.4. The zero-order valence-electron chi connectivity index (χ0n) is 16.8. The van der Waals surface area contributed by atoms with Gasteiger partial charge in [-0.3, -0.25) is 14.3 Å². The predicted octanol–water partition coefficient (Wildman–Crippen LogP) is 2.49. The molecule has 2 N–H and O–H groups in total. The van der Waals surface area contributed by atoms with Crippen LogP contribution in [0.5, 0.6) is 0 Å². The highest BCUT2D eigenvalue weighted by Crippen LogP contribution is 2.41. The number of nitrogens with zero attached hydrogens (tertiary/aromatic N) is 4. The molecule has 1 aliphatic carbocycles. The van der Waals surface area contributed by atoms with Gasteiger partial charge in [-0.1, -0.05) is 18.3 Å². The summed E-state index contributed by atoms with van der Waals surface area (Å²) < 4.78 is 1.94. The Kier molecular flexibility index (Phi) is 6.14. The van der Waals surface area contributed by atoms with Crippen molar-refractivity contribution in [3.05, 3.63) is 17.0 Å². The molecule has 0 saturated carbocycles.